The minimum absolute atomic E-state index is 0.213. The van der Waals surface area contributed by atoms with Crippen LogP contribution < -0.4 is 10.1 Å². The second-order valence-electron chi connectivity index (χ2n) is 7.81. The average molecular weight is 344 g/mol. The number of ether oxygens (including phenoxy) is 2. The molecule has 1 aliphatic carbocycles. The zero-order valence-corrected chi connectivity index (χ0v) is 14.9. The molecule has 136 valence electrons. The maximum atomic E-state index is 12.2. The molecule has 5 nitrogen and oxygen atoms in total. The number of rotatable bonds is 6. The van der Waals surface area contributed by atoms with E-state index in [1.165, 1.54) is 5.56 Å². The van der Waals surface area contributed by atoms with Crippen molar-refractivity contribution >= 4 is 5.91 Å². The van der Waals surface area contributed by atoms with Gasteiger partial charge in [-0.25, -0.2) is 0 Å². The van der Waals surface area contributed by atoms with Crippen molar-refractivity contribution in [3.8, 4) is 5.75 Å². The first-order chi connectivity index (χ1) is 12.2. The highest BCUT2D eigenvalue weighted by atomic mass is 16.5. The molecule has 4 rings (SSSR count). The van der Waals surface area contributed by atoms with Crippen LogP contribution in [-0.4, -0.2) is 50.3 Å². The number of fused-ring (bicyclic) bond motifs is 1. The van der Waals surface area contributed by atoms with Crippen LogP contribution in [0.2, 0.25) is 0 Å². The Morgan fingerprint density at radius 2 is 2.04 bits per heavy atom. The molecule has 0 bridgehead atoms. The van der Waals surface area contributed by atoms with Gasteiger partial charge in [-0.2, -0.15) is 0 Å². The molecule has 1 aromatic rings. The molecule has 1 amide bonds. The summed E-state index contributed by atoms with van der Waals surface area (Å²) in [5.41, 5.74) is 1.31. The molecule has 2 aliphatic heterocycles. The van der Waals surface area contributed by atoms with E-state index in [1.54, 1.807) is 7.11 Å². The van der Waals surface area contributed by atoms with Crippen molar-refractivity contribution in [2.24, 2.45) is 17.8 Å². The molecule has 0 aromatic heterocycles. The van der Waals surface area contributed by atoms with Crippen molar-refractivity contribution < 1.29 is 14.3 Å². The van der Waals surface area contributed by atoms with Gasteiger partial charge in [0.05, 0.1) is 20.3 Å². The van der Waals surface area contributed by atoms with Crippen molar-refractivity contribution in [2.45, 2.75) is 31.8 Å². The number of nitrogens with one attached hydrogen (secondary N) is 1. The SMILES string of the molecule is COc1ccc(CN2C[C@H]3COC[C@H](CC(=O)NC4CC4)[C@H]3C2)cc1. The van der Waals surface area contributed by atoms with Crippen LogP contribution in [0.15, 0.2) is 24.3 Å². The summed E-state index contributed by atoms with van der Waals surface area (Å²) in [6.07, 6.45) is 2.91. The minimum Gasteiger partial charge on any atom is -0.497 e. The number of nitrogens with zero attached hydrogens (tertiary/aromatic N) is 1. The van der Waals surface area contributed by atoms with Crippen LogP contribution in [-0.2, 0) is 16.1 Å². The van der Waals surface area contributed by atoms with Crippen LogP contribution in [0, 0.1) is 17.8 Å². The minimum atomic E-state index is 0.213. The molecule has 5 heteroatoms. The van der Waals surface area contributed by atoms with Gasteiger partial charge in [0.25, 0.3) is 0 Å². The summed E-state index contributed by atoms with van der Waals surface area (Å²) in [7, 11) is 1.69. The van der Waals surface area contributed by atoms with Crippen molar-refractivity contribution in [1.82, 2.24) is 10.2 Å². The molecule has 3 fully saturated rings. The van der Waals surface area contributed by atoms with Gasteiger partial charge >= 0.3 is 0 Å². The molecular weight excluding hydrogens is 316 g/mol. The molecule has 3 aliphatic rings. The lowest BCUT2D eigenvalue weighted by Gasteiger charge is -2.32. The summed E-state index contributed by atoms with van der Waals surface area (Å²) in [5.74, 6) is 2.61. The van der Waals surface area contributed by atoms with Crippen molar-refractivity contribution in [3.05, 3.63) is 29.8 Å². The lowest BCUT2D eigenvalue weighted by atomic mass is 9.81. The Morgan fingerprint density at radius 1 is 1.24 bits per heavy atom. The lowest BCUT2D eigenvalue weighted by molar-refractivity contribution is -0.124. The molecule has 25 heavy (non-hydrogen) atoms. The predicted molar refractivity (Wildman–Crippen MR) is 95.3 cm³/mol. The Hall–Kier alpha value is -1.59. The molecular formula is C20H28N2O3. The Kier molecular flexibility index (Phi) is 4.95. The number of carbonyl (C=O) groups excluding carboxylic acids is 1. The van der Waals surface area contributed by atoms with Crippen molar-refractivity contribution in [3.63, 3.8) is 0 Å². The molecule has 0 spiro atoms. The van der Waals surface area contributed by atoms with Gasteiger partial charge in [-0.15, -0.1) is 0 Å². The van der Waals surface area contributed by atoms with Crippen LogP contribution in [0.1, 0.15) is 24.8 Å². The largest absolute Gasteiger partial charge is 0.497 e. The molecule has 1 saturated carbocycles. The summed E-state index contributed by atoms with van der Waals surface area (Å²) >= 11 is 0. The van der Waals surface area contributed by atoms with E-state index in [1.807, 2.05) is 12.1 Å². The smallest absolute Gasteiger partial charge is 0.220 e. The third-order valence-electron chi connectivity index (χ3n) is 5.79. The Bertz CT molecular complexity index is 599. The second kappa shape index (κ2) is 7.34. The fourth-order valence-corrected chi connectivity index (χ4v) is 4.27. The van der Waals surface area contributed by atoms with Gasteiger partial charge in [0.15, 0.2) is 0 Å². The highest BCUT2D eigenvalue weighted by Crippen LogP contribution is 2.36. The van der Waals surface area contributed by atoms with E-state index >= 15 is 0 Å². The zero-order chi connectivity index (χ0) is 17.2. The first-order valence-electron chi connectivity index (χ1n) is 9.43. The number of carbonyl (C=O) groups is 1. The summed E-state index contributed by atoms with van der Waals surface area (Å²) in [6, 6.07) is 8.76. The Labute approximate surface area is 149 Å². The van der Waals surface area contributed by atoms with Gasteiger partial charge in [-0.05, 0) is 48.3 Å². The fraction of sp³-hybridized carbons (Fsp3) is 0.650. The molecule has 1 aromatic carbocycles. The third kappa shape index (κ3) is 4.15. The van der Waals surface area contributed by atoms with E-state index < -0.39 is 0 Å². The van der Waals surface area contributed by atoms with E-state index in [0.717, 1.165) is 51.4 Å². The lowest BCUT2D eigenvalue weighted by Crippen LogP contribution is -2.38. The van der Waals surface area contributed by atoms with E-state index in [4.69, 9.17) is 9.47 Å². The fourth-order valence-electron chi connectivity index (χ4n) is 4.27. The standard InChI is InChI=1S/C20H28N2O3/c1-24-18-6-2-14(3-7-18)9-22-10-16-13-25-12-15(19(16)11-22)8-20(23)21-17-4-5-17/h2-3,6-7,15-17,19H,4-5,8-13H2,1H3,(H,21,23)/t15-,16-,19+/m0/s1. The number of hydrogen-bond acceptors (Lipinski definition) is 4. The highest BCUT2D eigenvalue weighted by molar-refractivity contribution is 5.76. The summed E-state index contributed by atoms with van der Waals surface area (Å²) in [5, 5.41) is 3.12. The molecule has 2 saturated heterocycles. The van der Waals surface area contributed by atoms with Crippen LogP contribution >= 0.6 is 0 Å². The first kappa shape index (κ1) is 16.9. The quantitative estimate of drug-likeness (QED) is 0.858. The van der Waals surface area contributed by atoms with E-state index in [2.05, 4.69) is 22.3 Å². The molecule has 0 radical (unpaired) electrons. The topological polar surface area (TPSA) is 50.8 Å². The van der Waals surface area contributed by atoms with Gasteiger partial charge < -0.3 is 14.8 Å². The van der Waals surface area contributed by atoms with Gasteiger partial charge in [0.1, 0.15) is 5.75 Å². The van der Waals surface area contributed by atoms with Crippen molar-refractivity contribution in [2.75, 3.05) is 33.4 Å². The average Bonchev–Trinajstić information content (AvgIpc) is 3.32. The second-order valence-corrected chi connectivity index (χ2v) is 7.81. The monoisotopic (exact) mass is 344 g/mol. The Balaban J connectivity index is 1.33. The van der Waals surface area contributed by atoms with E-state index in [0.29, 0.717) is 30.2 Å². The summed E-state index contributed by atoms with van der Waals surface area (Å²) < 4.78 is 11.1. The van der Waals surface area contributed by atoms with Crippen LogP contribution in [0.5, 0.6) is 5.75 Å². The maximum Gasteiger partial charge on any atom is 0.220 e. The Morgan fingerprint density at radius 3 is 2.76 bits per heavy atom. The number of likely N-dealkylation sites (tertiary alicyclic amines) is 1. The number of hydrogen-bond donors (Lipinski definition) is 1. The van der Waals surface area contributed by atoms with Crippen LogP contribution in [0.25, 0.3) is 0 Å². The van der Waals surface area contributed by atoms with Gasteiger partial charge in [-0.3, -0.25) is 9.69 Å². The first-order valence-corrected chi connectivity index (χ1v) is 9.43. The maximum absolute atomic E-state index is 12.2. The number of benzene rings is 1. The normalized spacial score (nSPS) is 29.2. The van der Waals surface area contributed by atoms with E-state index in [9.17, 15) is 4.79 Å². The van der Waals surface area contributed by atoms with E-state index in [-0.39, 0.29) is 5.91 Å². The summed E-state index contributed by atoms with van der Waals surface area (Å²) in [4.78, 5) is 14.7. The van der Waals surface area contributed by atoms with Gasteiger partial charge in [0.2, 0.25) is 5.91 Å². The zero-order valence-electron chi connectivity index (χ0n) is 14.9. The van der Waals surface area contributed by atoms with Crippen molar-refractivity contribution in [1.29, 1.82) is 0 Å². The van der Waals surface area contributed by atoms with Gasteiger partial charge in [-0.1, -0.05) is 12.1 Å². The van der Waals surface area contributed by atoms with Gasteiger partial charge in [0, 0.05) is 32.1 Å². The molecule has 3 atom stereocenters. The van der Waals surface area contributed by atoms with Crippen LogP contribution in [0.4, 0.5) is 0 Å². The predicted octanol–water partition coefficient (Wildman–Crippen LogP) is 2.06. The highest BCUT2D eigenvalue weighted by Gasteiger charge is 2.41. The molecule has 2 heterocycles. The number of amides is 1. The molecule has 0 unspecified atom stereocenters. The van der Waals surface area contributed by atoms with Crippen LogP contribution in [0.3, 0.4) is 0 Å². The third-order valence-corrected chi connectivity index (χ3v) is 5.79. The summed E-state index contributed by atoms with van der Waals surface area (Å²) in [6.45, 7) is 4.66. The molecule has 1 N–H and O–H groups in total. The number of methoxy groups -OCH3 is 1.